The standard InChI is InChI=1S/C21H29N3O3/c1-14-11-17(26-5)12-15-8-9-22-19(18(14)15)23-16-7-6-10-24(13-16)20(25)27-21(2,3)4/h8-9,11-12,16H,6-7,10,13H2,1-5H3,(H,22,23)/t16-/m1/s1/i5D3. The number of aryl methyl sites for hydroxylation is 1. The van der Waals surface area contributed by atoms with Crippen molar-refractivity contribution in [1.82, 2.24) is 9.88 Å². The quantitative estimate of drug-likeness (QED) is 0.865. The number of fused-ring (bicyclic) bond motifs is 1. The van der Waals surface area contributed by atoms with Gasteiger partial charge in [0.05, 0.1) is 11.2 Å². The summed E-state index contributed by atoms with van der Waals surface area (Å²) in [4.78, 5) is 18.7. The fourth-order valence-electron chi connectivity index (χ4n) is 3.44. The summed E-state index contributed by atoms with van der Waals surface area (Å²) < 4.78 is 32.5. The lowest BCUT2D eigenvalue weighted by atomic mass is 10.0. The third-order valence-electron chi connectivity index (χ3n) is 4.57. The van der Waals surface area contributed by atoms with E-state index in [0.717, 1.165) is 29.2 Å². The zero-order valence-electron chi connectivity index (χ0n) is 19.3. The van der Waals surface area contributed by atoms with Gasteiger partial charge in [0.25, 0.3) is 0 Å². The van der Waals surface area contributed by atoms with Crippen LogP contribution in [0.15, 0.2) is 24.4 Å². The van der Waals surface area contributed by atoms with Gasteiger partial charge in [-0.25, -0.2) is 9.78 Å². The maximum absolute atomic E-state index is 12.4. The number of methoxy groups -OCH3 is 1. The van der Waals surface area contributed by atoms with Gasteiger partial charge in [0.15, 0.2) is 0 Å². The predicted octanol–water partition coefficient (Wildman–Crippen LogP) is 4.36. The molecule has 146 valence electrons. The van der Waals surface area contributed by atoms with Gasteiger partial charge >= 0.3 is 6.09 Å². The lowest BCUT2D eigenvalue weighted by Gasteiger charge is -2.34. The highest BCUT2D eigenvalue weighted by Gasteiger charge is 2.28. The van der Waals surface area contributed by atoms with Crippen LogP contribution in [0, 0.1) is 6.92 Å². The van der Waals surface area contributed by atoms with Crippen LogP contribution >= 0.6 is 0 Å². The molecule has 1 atom stereocenters. The van der Waals surface area contributed by atoms with E-state index in [-0.39, 0.29) is 12.1 Å². The summed E-state index contributed by atoms with van der Waals surface area (Å²) in [6, 6.07) is 5.28. The van der Waals surface area contributed by atoms with Gasteiger partial charge in [-0.3, -0.25) is 0 Å². The molecule has 1 aliphatic heterocycles. The second-order valence-corrected chi connectivity index (χ2v) is 8.01. The summed E-state index contributed by atoms with van der Waals surface area (Å²) in [5.74, 6) is 1.01. The van der Waals surface area contributed by atoms with Crippen LogP contribution in [0.25, 0.3) is 10.8 Å². The van der Waals surface area contributed by atoms with Crippen molar-refractivity contribution in [2.24, 2.45) is 0 Å². The van der Waals surface area contributed by atoms with Gasteiger partial charge in [0.2, 0.25) is 0 Å². The second-order valence-electron chi connectivity index (χ2n) is 8.01. The van der Waals surface area contributed by atoms with Gasteiger partial charge in [-0.15, -0.1) is 0 Å². The first-order valence-electron chi connectivity index (χ1n) is 10.7. The summed E-state index contributed by atoms with van der Waals surface area (Å²) in [7, 11) is -2.50. The fourth-order valence-corrected chi connectivity index (χ4v) is 3.44. The maximum atomic E-state index is 12.4. The SMILES string of the molecule is [2H]C([2H])([2H])Oc1cc(C)c2c(N[C@@H]3CCCN(C(=O)OC(C)(C)C)C3)nccc2c1. The van der Waals surface area contributed by atoms with E-state index in [2.05, 4.69) is 10.3 Å². The molecule has 1 N–H and O–H groups in total. The molecule has 2 aromatic rings. The first-order chi connectivity index (χ1) is 13.9. The van der Waals surface area contributed by atoms with Crippen molar-refractivity contribution in [3.05, 3.63) is 30.0 Å². The van der Waals surface area contributed by atoms with Crippen LogP contribution < -0.4 is 10.1 Å². The number of anilines is 1. The van der Waals surface area contributed by atoms with Crippen LogP contribution in [-0.4, -0.2) is 47.7 Å². The van der Waals surface area contributed by atoms with Gasteiger partial charge in [-0.05, 0) is 69.7 Å². The number of piperidine rings is 1. The molecule has 27 heavy (non-hydrogen) atoms. The van der Waals surface area contributed by atoms with Crippen molar-refractivity contribution < 1.29 is 18.4 Å². The van der Waals surface area contributed by atoms with E-state index < -0.39 is 12.6 Å². The summed E-state index contributed by atoms with van der Waals surface area (Å²) in [6.07, 6.45) is 3.16. The maximum Gasteiger partial charge on any atom is 0.410 e. The Kier molecular flexibility index (Phi) is 4.39. The first-order valence-corrected chi connectivity index (χ1v) is 9.24. The molecule has 2 heterocycles. The van der Waals surface area contributed by atoms with E-state index in [4.69, 9.17) is 13.6 Å². The normalized spacial score (nSPS) is 19.8. The number of carbonyl (C=O) groups excluding carboxylic acids is 1. The Balaban J connectivity index is 1.79. The number of pyridine rings is 1. The molecule has 1 saturated heterocycles. The van der Waals surface area contributed by atoms with Crippen LogP contribution in [0.3, 0.4) is 0 Å². The zero-order chi connectivity index (χ0) is 22.1. The largest absolute Gasteiger partial charge is 0.497 e. The number of aromatic nitrogens is 1. The average molecular weight is 374 g/mol. The lowest BCUT2D eigenvalue weighted by Crippen LogP contribution is -2.47. The second kappa shape index (κ2) is 7.62. The highest BCUT2D eigenvalue weighted by Crippen LogP contribution is 2.30. The molecule has 0 radical (unpaired) electrons. The molecular formula is C21H29N3O3. The monoisotopic (exact) mass is 374 g/mol. The molecule has 1 amide bonds. The van der Waals surface area contributed by atoms with Gasteiger partial charge in [-0.2, -0.15) is 0 Å². The number of hydrogen-bond donors (Lipinski definition) is 1. The molecule has 3 rings (SSSR count). The fraction of sp³-hybridized carbons (Fsp3) is 0.524. The number of nitrogens with one attached hydrogen (secondary N) is 1. The van der Waals surface area contributed by atoms with Crippen molar-refractivity contribution in [1.29, 1.82) is 0 Å². The molecule has 0 saturated carbocycles. The van der Waals surface area contributed by atoms with E-state index in [1.807, 2.05) is 33.8 Å². The minimum Gasteiger partial charge on any atom is -0.497 e. The van der Waals surface area contributed by atoms with Crippen molar-refractivity contribution in [2.45, 2.75) is 52.2 Å². The minimum absolute atomic E-state index is 0.0436. The van der Waals surface area contributed by atoms with Gasteiger partial charge in [0, 0.05) is 30.7 Å². The number of likely N-dealkylation sites (tertiary alicyclic amines) is 1. The zero-order valence-corrected chi connectivity index (χ0v) is 16.3. The minimum atomic E-state index is -2.50. The van der Waals surface area contributed by atoms with E-state index in [9.17, 15) is 4.79 Å². The highest BCUT2D eigenvalue weighted by molar-refractivity contribution is 5.95. The molecule has 1 aliphatic rings. The third-order valence-corrected chi connectivity index (χ3v) is 4.57. The molecule has 1 aromatic heterocycles. The summed E-state index contributed by atoms with van der Waals surface area (Å²) in [5.41, 5.74) is 0.336. The van der Waals surface area contributed by atoms with Crippen LogP contribution in [0.4, 0.5) is 10.6 Å². The van der Waals surface area contributed by atoms with Crippen molar-refractivity contribution in [3.63, 3.8) is 0 Å². The Hall–Kier alpha value is -2.50. The highest BCUT2D eigenvalue weighted by atomic mass is 16.6. The Morgan fingerprint density at radius 3 is 2.96 bits per heavy atom. The molecule has 0 bridgehead atoms. The average Bonchev–Trinajstić information content (AvgIpc) is 2.59. The Morgan fingerprint density at radius 1 is 1.41 bits per heavy atom. The number of rotatable bonds is 3. The van der Waals surface area contributed by atoms with E-state index in [1.165, 1.54) is 0 Å². The lowest BCUT2D eigenvalue weighted by molar-refractivity contribution is 0.0206. The molecule has 1 fully saturated rings. The number of benzene rings is 1. The summed E-state index contributed by atoms with van der Waals surface area (Å²) in [6.45, 7) is 8.68. The van der Waals surface area contributed by atoms with Crippen LogP contribution in [0.1, 0.15) is 43.3 Å². The van der Waals surface area contributed by atoms with Crippen LogP contribution in [0.2, 0.25) is 0 Å². The molecule has 0 aliphatic carbocycles. The number of nitrogens with zero attached hydrogens (tertiary/aromatic N) is 2. The van der Waals surface area contributed by atoms with Gasteiger partial charge < -0.3 is 19.7 Å². The van der Waals surface area contributed by atoms with E-state index in [0.29, 0.717) is 24.7 Å². The van der Waals surface area contributed by atoms with Crippen LogP contribution in [0.5, 0.6) is 5.75 Å². The van der Waals surface area contributed by atoms with Gasteiger partial charge in [0.1, 0.15) is 17.2 Å². The summed E-state index contributed by atoms with van der Waals surface area (Å²) >= 11 is 0. The topological polar surface area (TPSA) is 63.7 Å². The predicted molar refractivity (Wildman–Crippen MR) is 107 cm³/mol. The molecule has 0 spiro atoms. The van der Waals surface area contributed by atoms with Crippen molar-refractivity contribution in [2.75, 3.05) is 25.4 Å². The van der Waals surface area contributed by atoms with Crippen molar-refractivity contribution >= 4 is 22.7 Å². The van der Waals surface area contributed by atoms with Gasteiger partial charge in [-0.1, -0.05) is 0 Å². The number of hydrogen-bond acceptors (Lipinski definition) is 5. The molecule has 6 nitrogen and oxygen atoms in total. The number of amides is 1. The summed E-state index contributed by atoms with van der Waals surface area (Å²) in [5, 5.41) is 5.21. The van der Waals surface area contributed by atoms with Crippen molar-refractivity contribution in [3.8, 4) is 5.75 Å². The molecule has 6 heteroatoms. The van der Waals surface area contributed by atoms with E-state index in [1.54, 1.807) is 23.2 Å². The Bertz CT molecular complexity index is 925. The Morgan fingerprint density at radius 2 is 2.22 bits per heavy atom. The molecule has 1 aromatic carbocycles. The Labute approximate surface area is 165 Å². The molecule has 0 unspecified atom stereocenters. The smallest absolute Gasteiger partial charge is 0.410 e. The first kappa shape index (κ1) is 15.5. The van der Waals surface area contributed by atoms with E-state index >= 15 is 0 Å². The number of ether oxygens (including phenoxy) is 2. The third kappa shape index (κ3) is 4.62. The van der Waals surface area contributed by atoms with Crippen LogP contribution in [-0.2, 0) is 4.74 Å². The number of carbonyl (C=O) groups is 1. The molecular weight excluding hydrogens is 342 g/mol.